The number of nitrogens with zero attached hydrogens (tertiary/aromatic N) is 3. The maximum atomic E-state index is 5.25. The first-order valence-corrected chi connectivity index (χ1v) is 23.4. The Hall–Kier alpha value is -7.27. The van der Waals surface area contributed by atoms with Crippen LogP contribution in [0.15, 0.2) is 206 Å². The Labute approximate surface area is 345 Å². The van der Waals surface area contributed by atoms with Crippen molar-refractivity contribution in [2.45, 2.75) is 13.1 Å². The minimum absolute atomic E-state index is 0.891. The summed E-state index contributed by atoms with van der Waals surface area (Å²) in [5.41, 5.74) is 15.9. The van der Waals surface area contributed by atoms with Crippen LogP contribution in [-0.4, -0.2) is 22.9 Å². The van der Waals surface area contributed by atoms with Gasteiger partial charge < -0.3 is 9.13 Å². The van der Waals surface area contributed by atoms with Crippen LogP contribution < -0.4 is 5.19 Å². The number of rotatable bonds is 7. The first kappa shape index (κ1) is 34.9. The van der Waals surface area contributed by atoms with Crippen LogP contribution in [0.1, 0.15) is 0 Å². The van der Waals surface area contributed by atoms with E-state index in [-0.39, 0.29) is 0 Å². The van der Waals surface area contributed by atoms with Crippen molar-refractivity contribution in [2.75, 3.05) is 0 Å². The number of fused-ring (bicyclic) bond motifs is 6. The lowest BCUT2D eigenvalue weighted by Gasteiger charge is -2.13. The van der Waals surface area contributed by atoms with Gasteiger partial charge in [-0.15, -0.1) is 0 Å². The van der Waals surface area contributed by atoms with Gasteiger partial charge >= 0.3 is 0 Å². The van der Waals surface area contributed by atoms with Gasteiger partial charge in [0.1, 0.15) is 0 Å². The van der Waals surface area contributed by atoms with Crippen molar-refractivity contribution in [1.29, 1.82) is 0 Å². The Morgan fingerprint density at radius 1 is 0.322 bits per heavy atom. The first-order chi connectivity index (χ1) is 29.1. The molecule has 280 valence electrons. The molecular weight excluding hydrogens is 731 g/mol. The summed E-state index contributed by atoms with van der Waals surface area (Å²) >= 11 is 0. The number of para-hydroxylation sites is 2. The molecule has 0 amide bonds. The number of benzene rings is 8. The number of hydrogen-bond acceptors (Lipinski definition) is 1. The van der Waals surface area contributed by atoms with E-state index in [1.165, 1.54) is 71.2 Å². The van der Waals surface area contributed by atoms with E-state index in [9.17, 15) is 0 Å². The standard InChI is InChI=1S/C55H41N3Si/c1-59(2)45-28-26-43(27-29-45)57-52-22-11-9-20-46(52)48-30-24-40(36-55(48)57)39-25-31-54-49(33-39)47-21-10-12-23-53(47)58(54)44-19-13-18-41(32-44)51-35-42(37-14-5-3-6-15-37)34-50(56-51)38-16-7-4-8-17-38/h3-36,59H,1-2H3. The van der Waals surface area contributed by atoms with Crippen LogP contribution >= 0.6 is 0 Å². The van der Waals surface area contributed by atoms with Gasteiger partial charge in [-0.25, -0.2) is 4.98 Å². The summed E-state index contributed by atoms with van der Waals surface area (Å²) in [5, 5.41) is 6.49. The van der Waals surface area contributed by atoms with Crippen molar-refractivity contribution in [3.63, 3.8) is 0 Å². The fraction of sp³-hybridized carbons (Fsp3) is 0.0364. The summed E-state index contributed by atoms with van der Waals surface area (Å²) in [6, 6.07) is 75.1. The Bertz CT molecular complexity index is 3280. The molecule has 0 aliphatic rings. The third-order valence-electron chi connectivity index (χ3n) is 11.9. The van der Waals surface area contributed by atoms with Crippen molar-refractivity contribution >= 4 is 57.6 Å². The third-order valence-corrected chi connectivity index (χ3v) is 13.6. The van der Waals surface area contributed by atoms with E-state index < -0.39 is 8.80 Å². The maximum Gasteiger partial charge on any atom is 0.0716 e. The molecule has 0 atom stereocenters. The van der Waals surface area contributed by atoms with Gasteiger partial charge in [0.15, 0.2) is 0 Å². The molecule has 0 radical (unpaired) electrons. The number of pyridine rings is 1. The van der Waals surface area contributed by atoms with Gasteiger partial charge in [0.05, 0.1) is 42.3 Å². The summed E-state index contributed by atoms with van der Waals surface area (Å²) in [6.45, 7) is 4.77. The normalized spacial score (nSPS) is 11.7. The zero-order chi connectivity index (χ0) is 39.5. The summed E-state index contributed by atoms with van der Waals surface area (Å²) in [5.74, 6) is 0. The van der Waals surface area contributed by atoms with E-state index in [1.807, 2.05) is 0 Å². The van der Waals surface area contributed by atoms with Gasteiger partial charge in [-0.1, -0.05) is 158 Å². The van der Waals surface area contributed by atoms with Crippen molar-refractivity contribution in [3.05, 3.63) is 206 Å². The average molecular weight is 772 g/mol. The minimum Gasteiger partial charge on any atom is -0.309 e. The lowest BCUT2D eigenvalue weighted by Crippen LogP contribution is -2.21. The zero-order valence-corrected chi connectivity index (χ0v) is 34.2. The largest absolute Gasteiger partial charge is 0.309 e. The second-order valence-corrected chi connectivity index (χ2v) is 18.8. The van der Waals surface area contributed by atoms with E-state index in [1.54, 1.807) is 0 Å². The Morgan fingerprint density at radius 2 is 0.864 bits per heavy atom. The highest BCUT2D eigenvalue weighted by molar-refractivity contribution is 6.70. The molecule has 0 saturated heterocycles. The summed E-state index contributed by atoms with van der Waals surface area (Å²) < 4.78 is 4.84. The highest BCUT2D eigenvalue weighted by Crippen LogP contribution is 2.39. The van der Waals surface area contributed by atoms with Gasteiger partial charge in [-0.05, 0) is 89.0 Å². The van der Waals surface area contributed by atoms with Crippen LogP contribution in [-0.2, 0) is 0 Å². The fourth-order valence-electron chi connectivity index (χ4n) is 8.90. The predicted octanol–water partition coefficient (Wildman–Crippen LogP) is 13.6. The van der Waals surface area contributed by atoms with Gasteiger partial charge in [0.25, 0.3) is 0 Å². The van der Waals surface area contributed by atoms with Gasteiger partial charge in [0, 0.05) is 44.0 Å². The van der Waals surface area contributed by atoms with E-state index in [0.717, 1.165) is 33.8 Å². The van der Waals surface area contributed by atoms with Crippen molar-refractivity contribution in [3.8, 4) is 56.1 Å². The molecule has 0 fully saturated rings. The number of aromatic nitrogens is 3. The average Bonchev–Trinajstić information content (AvgIpc) is 3.82. The van der Waals surface area contributed by atoms with Crippen LogP contribution in [0.25, 0.3) is 99.8 Å². The maximum absolute atomic E-state index is 5.25. The molecule has 0 aliphatic carbocycles. The smallest absolute Gasteiger partial charge is 0.0716 e. The Morgan fingerprint density at radius 3 is 1.58 bits per heavy atom. The van der Waals surface area contributed by atoms with Crippen molar-refractivity contribution in [1.82, 2.24) is 14.1 Å². The molecule has 8 aromatic carbocycles. The molecular formula is C55H41N3Si. The highest BCUT2D eigenvalue weighted by Gasteiger charge is 2.17. The van der Waals surface area contributed by atoms with E-state index >= 15 is 0 Å². The molecule has 0 unspecified atom stereocenters. The molecule has 0 saturated carbocycles. The molecule has 3 heterocycles. The molecule has 11 aromatic rings. The van der Waals surface area contributed by atoms with Crippen LogP contribution in [0.3, 0.4) is 0 Å². The van der Waals surface area contributed by atoms with Crippen LogP contribution in [0, 0.1) is 0 Å². The second-order valence-electron chi connectivity index (χ2n) is 15.8. The van der Waals surface area contributed by atoms with Crippen LogP contribution in [0.4, 0.5) is 0 Å². The monoisotopic (exact) mass is 771 g/mol. The van der Waals surface area contributed by atoms with Gasteiger partial charge in [0.2, 0.25) is 0 Å². The van der Waals surface area contributed by atoms with E-state index in [0.29, 0.717) is 0 Å². The molecule has 0 N–H and O–H groups in total. The molecule has 3 aromatic heterocycles. The van der Waals surface area contributed by atoms with E-state index in [4.69, 9.17) is 4.98 Å². The minimum atomic E-state index is -0.891. The Kier molecular flexibility index (Phi) is 8.45. The molecule has 0 spiro atoms. The number of hydrogen-bond donors (Lipinski definition) is 0. The predicted molar refractivity (Wildman–Crippen MR) is 253 cm³/mol. The lowest BCUT2D eigenvalue weighted by molar-refractivity contribution is 1.18. The lowest BCUT2D eigenvalue weighted by atomic mass is 10.00. The molecule has 0 aliphatic heterocycles. The quantitative estimate of drug-likeness (QED) is 0.148. The molecule has 11 rings (SSSR count). The van der Waals surface area contributed by atoms with Crippen LogP contribution in [0.2, 0.25) is 13.1 Å². The summed E-state index contributed by atoms with van der Waals surface area (Å²) in [6.07, 6.45) is 0. The van der Waals surface area contributed by atoms with Gasteiger partial charge in [-0.3, -0.25) is 0 Å². The molecule has 4 heteroatoms. The van der Waals surface area contributed by atoms with Crippen LogP contribution in [0.5, 0.6) is 0 Å². The second kappa shape index (κ2) is 14.3. The molecule has 59 heavy (non-hydrogen) atoms. The Balaban J connectivity index is 1.04. The van der Waals surface area contributed by atoms with E-state index in [2.05, 4.69) is 228 Å². The zero-order valence-electron chi connectivity index (χ0n) is 33.0. The fourth-order valence-corrected chi connectivity index (χ4v) is 9.87. The highest BCUT2D eigenvalue weighted by atomic mass is 28.3. The first-order valence-electron chi connectivity index (χ1n) is 20.5. The molecule has 3 nitrogen and oxygen atoms in total. The summed E-state index contributed by atoms with van der Waals surface area (Å²) in [7, 11) is -0.891. The third kappa shape index (κ3) is 6.08. The topological polar surface area (TPSA) is 22.8 Å². The van der Waals surface area contributed by atoms with Crippen molar-refractivity contribution < 1.29 is 0 Å². The molecule has 0 bridgehead atoms. The SMILES string of the molecule is C[SiH](C)c1ccc(-n2c3ccccc3c3ccc(-c4ccc5c(c4)c4ccccc4n5-c4cccc(-c5cc(-c6ccccc6)cc(-c6ccccc6)n5)c4)cc32)cc1. The van der Waals surface area contributed by atoms with Gasteiger partial charge in [-0.2, -0.15) is 0 Å². The summed E-state index contributed by atoms with van der Waals surface area (Å²) in [4.78, 5) is 5.25. The van der Waals surface area contributed by atoms with Crippen molar-refractivity contribution in [2.24, 2.45) is 0 Å².